The molecule has 1 aliphatic rings. The van der Waals surface area contributed by atoms with Crippen LogP contribution in [0.5, 0.6) is 11.5 Å². The molecule has 1 aromatic heterocycles. The number of aryl methyl sites for hydroxylation is 1. The minimum Gasteiger partial charge on any atom is -0.497 e. The van der Waals surface area contributed by atoms with Crippen molar-refractivity contribution in [2.45, 2.75) is 19.4 Å². The SMILES string of the molecule is COc1cccc(-c2c(C)nn3c2NC(=O)C3CC(=O)Nc2ccccc2OC)c1. The third-order valence-electron chi connectivity index (χ3n) is 5.04. The number of para-hydroxylation sites is 2. The number of carbonyl (C=O) groups excluding carboxylic acids is 2. The average molecular weight is 406 g/mol. The highest BCUT2D eigenvalue weighted by Gasteiger charge is 2.36. The normalized spacial score (nSPS) is 14.8. The van der Waals surface area contributed by atoms with E-state index in [1.165, 1.54) is 7.11 Å². The smallest absolute Gasteiger partial charge is 0.251 e. The lowest BCUT2D eigenvalue weighted by molar-refractivity contribution is -0.123. The molecule has 8 nitrogen and oxygen atoms in total. The van der Waals surface area contributed by atoms with Gasteiger partial charge < -0.3 is 20.1 Å². The molecule has 154 valence electrons. The van der Waals surface area contributed by atoms with Crippen molar-refractivity contribution in [1.29, 1.82) is 0 Å². The molecular formula is C22H22N4O4. The molecule has 2 heterocycles. The van der Waals surface area contributed by atoms with Gasteiger partial charge in [0, 0.05) is 5.56 Å². The van der Waals surface area contributed by atoms with Gasteiger partial charge in [0.2, 0.25) is 5.91 Å². The summed E-state index contributed by atoms with van der Waals surface area (Å²) in [7, 11) is 3.14. The van der Waals surface area contributed by atoms with E-state index >= 15 is 0 Å². The maximum Gasteiger partial charge on any atom is 0.251 e. The Hall–Kier alpha value is -3.81. The van der Waals surface area contributed by atoms with E-state index in [0.29, 0.717) is 23.0 Å². The lowest BCUT2D eigenvalue weighted by atomic mass is 10.1. The van der Waals surface area contributed by atoms with E-state index in [1.807, 2.05) is 37.3 Å². The highest BCUT2D eigenvalue weighted by atomic mass is 16.5. The zero-order chi connectivity index (χ0) is 21.3. The predicted molar refractivity (Wildman–Crippen MR) is 113 cm³/mol. The Morgan fingerprint density at radius 2 is 1.97 bits per heavy atom. The minimum atomic E-state index is -0.729. The van der Waals surface area contributed by atoms with E-state index in [1.54, 1.807) is 30.0 Å². The van der Waals surface area contributed by atoms with Crippen LogP contribution in [0.2, 0.25) is 0 Å². The minimum absolute atomic E-state index is 0.0461. The second kappa shape index (κ2) is 7.90. The fraction of sp³-hybridized carbons (Fsp3) is 0.227. The number of carbonyl (C=O) groups is 2. The molecule has 2 aromatic carbocycles. The number of methoxy groups -OCH3 is 2. The number of aromatic nitrogens is 2. The fourth-order valence-electron chi connectivity index (χ4n) is 3.63. The topological polar surface area (TPSA) is 94.5 Å². The summed E-state index contributed by atoms with van der Waals surface area (Å²) >= 11 is 0. The van der Waals surface area contributed by atoms with E-state index in [9.17, 15) is 9.59 Å². The van der Waals surface area contributed by atoms with Gasteiger partial charge in [0.05, 0.1) is 32.0 Å². The first-order valence-electron chi connectivity index (χ1n) is 9.49. The monoisotopic (exact) mass is 406 g/mol. The first kappa shape index (κ1) is 19.5. The van der Waals surface area contributed by atoms with Gasteiger partial charge in [-0.2, -0.15) is 5.10 Å². The molecule has 0 fully saturated rings. The summed E-state index contributed by atoms with van der Waals surface area (Å²) < 4.78 is 12.2. The van der Waals surface area contributed by atoms with Gasteiger partial charge in [-0.25, -0.2) is 4.68 Å². The molecule has 0 saturated heterocycles. The molecule has 1 atom stereocenters. The number of hydrogen-bond acceptors (Lipinski definition) is 5. The number of benzene rings is 2. The summed E-state index contributed by atoms with van der Waals surface area (Å²) in [6.45, 7) is 1.87. The highest BCUT2D eigenvalue weighted by Crippen LogP contribution is 2.39. The number of nitrogens with zero attached hydrogens (tertiary/aromatic N) is 2. The van der Waals surface area contributed by atoms with Gasteiger partial charge in [-0.15, -0.1) is 0 Å². The van der Waals surface area contributed by atoms with Crippen molar-refractivity contribution in [2.75, 3.05) is 24.9 Å². The molecule has 1 aliphatic heterocycles. The Balaban J connectivity index is 1.59. The Kier molecular flexibility index (Phi) is 5.14. The highest BCUT2D eigenvalue weighted by molar-refractivity contribution is 6.04. The van der Waals surface area contributed by atoms with Crippen LogP contribution in [-0.2, 0) is 9.59 Å². The molecule has 30 heavy (non-hydrogen) atoms. The maximum absolute atomic E-state index is 12.6. The van der Waals surface area contributed by atoms with Crippen LogP contribution in [0.25, 0.3) is 11.1 Å². The quantitative estimate of drug-likeness (QED) is 0.654. The van der Waals surface area contributed by atoms with E-state index in [0.717, 1.165) is 16.8 Å². The molecule has 0 saturated carbocycles. The van der Waals surface area contributed by atoms with Gasteiger partial charge in [-0.05, 0) is 36.8 Å². The number of hydrogen-bond donors (Lipinski definition) is 2. The number of nitrogens with one attached hydrogen (secondary N) is 2. The van der Waals surface area contributed by atoms with E-state index in [2.05, 4.69) is 15.7 Å². The molecule has 2 amide bonds. The van der Waals surface area contributed by atoms with E-state index < -0.39 is 6.04 Å². The van der Waals surface area contributed by atoms with Crippen molar-refractivity contribution < 1.29 is 19.1 Å². The van der Waals surface area contributed by atoms with E-state index in [-0.39, 0.29) is 18.2 Å². The van der Waals surface area contributed by atoms with Crippen LogP contribution in [0.3, 0.4) is 0 Å². The van der Waals surface area contributed by atoms with Crippen molar-refractivity contribution >= 4 is 23.3 Å². The summed E-state index contributed by atoms with van der Waals surface area (Å²) in [5.74, 6) is 1.28. The van der Waals surface area contributed by atoms with Gasteiger partial charge in [-0.3, -0.25) is 9.59 Å². The molecular weight excluding hydrogens is 384 g/mol. The predicted octanol–water partition coefficient (Wildman–Crippen LogP) is 3.40. The molecule has 0 spiro atoms. The fourth-order valence-corrected chi connectivity index (χ4v) is 3.63. The van der Waals surface area contributed by atoms with Gasteiger partial charge in [0.1, 0.15) is 23.4 Å². The molecule has 3 aromatic rings. The van der Waals surface area contributed by atoms with Gasteiger partial charge >= 0.3 is 0 Å². The number of fused-ring (bicyclic) bond motifs is 1. The molecule has 0 radical (unpaired) electrons. The zero-order valence-corrected chi connectivity index (χ0v) is 16.9. The van der Waals surface area contributed by atoms with Gasteiger partial charge in [0.15, 0.2) is 0 Å². The molecule has 1 unspecified atom stereocenters. The summed E-state index contributed by atoms with van der Waals surface area (Å²) in [5, 5.41) is 10.2. The summed E-state index contributed by atoms with van der Waals surface area (Å²) in [5.41, 5.74) is 3.01. The van der Waals surface area contributed by atoms with Crippen LogP contribution in [0.15, 0.2) is 48.5 Å². The van der Waals surface area contributed by atoms with Crippen molar-refractivity contribution in [3.63, 3.8) is 0 Å². The second-order valence-electron chi connectivity index (χ2n) is 6.94. The molecule has 8 heteroatoms. The first-order chi connectivity index (χ1) is 14.5. The number of rotatable bonds is 6. The Morgan fingerprint density at radius 1 is 1.17 bits per heavy atom. The molecule has 0 aliphatic carbocycles. The van der Waals surface area contributed by atoms with Crippen molar-refractivity contribution in [2.24, 2.45) is 0 Å². The maximum atomic E-state index is 12.6. The van der Waals surface area contributed by atoms with Crippen molar-refractivity contribution in [3.8, 4) is 22.6 Å². The largest absolute Gasteiger partial charge is 0.497 e. The number of ether oxygens (including phenoxy) is 2. The average Bonchev–Trinajstić information content (AvgIpc) is 3.22. The third kappa shape index (κ3) is 3.47. The lowest BCUT2D eigenvalue weighted by Crippen LogP contribution is -2.24. The second-order valence-corrected chi connectivity index (χ2v) is 6.94. The summed E-state index contributed by atoms with van der Waals surface area (Å²) in [4.78, 5) is 25.3. The van der Waals surface area contributed by atoms with Crippen LogP contribution >= 0.6 is 0 Å². The first-order valence-corrected chi connectivity index (χ1v) is 9.49. The van der Waals surface area contributed by atoms with Crippen LogP contribution < -0.4 is 20.1 Å². The molecule has 0 bridgehead atoms. The Labute approximate surface area is 173 Å². The number of anilines is 2. The molecule has 4 rings (SSSR count). The number of amides is 2. The van der Waals surface area contributed by atoms with Gasteiger partial charge in [-0.1, -0.05) is 24.3 Å². The standard InChI is InChI=1S/C22H22N4O4/c1-13-20(14-7-6-8-15(11-14)29-2)21-24-22(28)17(26(21)25-13)12-19(27)23-16-9-4-5-10-18(16)30-3/h4-11,17H,12H2,1-3H3,(H,23,27)(H,24,28). The van der Waals surface area contributed by atoms with Crippen molar-refractivity contribution in [3.05, 3.63) is 54.2 Å². The van der Waals surface area contributed by atoms with Crippen LogP contribution in [0.4, 0.5) is 11.5 Å². The lowest BCUT2D eigenvalue weighted by Gasteiger charge is -2.12. The zero-order valence-electron chi connectivity index (χ0n) is 16.9. The summed E-state index contributed by atoms with van der Waals surface area (Å²) in [6, 6.07) is 13.9. The van der Waals surface area contributed by atoms with Gasteiger partial charge in [0.25, 0.3) is 5.91 Å². The summed E-state index contributed by atoms with van der Waals surface area (Å²) in [6.07, 6.45) is -0.0461. The van der Waals surface area contributed by atoms with Crippen LogP contribution in [0, 0.1) is 6.92 Å². The Bertz CT molecular complexity index is 1120. The Morgan fingerprint density at radius 3 is 2.73 bits per heavy atom. The van der Waals surface area contributed by atoms with Crippen LogP contribution in [0.1, 0.15) is 18.2 Å². The van der Waals surface area contributed by atoms with Crippen molar-refractivity contribution in [1.82, 2.24) is 9.78 Å². The van der Waals surface area contributed by atoms with E-state index in [4.69, 9.17) is 9.47 Å². The molecule has 2 N–H and O–H groups in total. The third-order valence-corrected chi connectivity index (χ3v) is 5.04. The van der Waals surface area contributed by atoms with Crippen LogP contribution in [-0.4, -0.2) is 35.8 Å².